The molecule has 0 saturated heterocycles. The molecule has 1 aliphatic rings. The van der Waals surface area contributed by atoms with Crippen LogP contribution in [0.4, 0.5) is 14.5 Å². The fraction of sp³-hybridized carbons (Fsp3) is 0.0909. The standard InChI is InChI=1S/C22H15F2N5O3S/c23-22(24)31-17-11-10-14(12-18(17)32-22)25-21(30)16-8-4-5-9-19(16)33-13-20-26-27-28-29(20)15-6-2-1-3-7-15/h1-12H,13H2,(H,25,30). The molecule has 3 aromatic carbocycles. The van der Waals surface area contributed by atoms with E-state index >= 15 is 0 Å². The number of anilines is 1. The molecule has 0 spiro atoms. The molecular weight excluding hydrogens is 452 g/mol. The maximum absolute atomic E-state index is 13.2. The summed E-state index contributed by atoms with van der Waals surface area (Å²) in [6.07, 6.45) is -3.72. The van der Waals surface area contributed by atoms with Crippen molar-refractivity contribution in [3.63, 3.8) is 0 Å². The Morgan fingerprint density at radius 1 is 1.00 bits per heavy atom. The number of halogens is 2. The van der Waals surface area contributed by atoms with Crippen LogP contribution in [0.5, 0.6) is 11.5 Å². The molecule has 0 atom stereocenters. The molecule has 1 amide bonds. The molecule has 5 rings (SSSR count). The van der Waals surface area contributed by atoms with E-state index in [0.29, 0.717) is 27.7 Å². The first-order valence-electron chi connectivity index (χ1n) is 9.74. The number of benzene rings is 3. The van der Waals surface area contributed by atoms with Gasteiger partial charge in [-0.1, -0.05) is 30.3 Å². The number of rotatable bonds is 6. The summed E-state index contributed by atoms with van der Waals surface area (Å²) in [6, 6.07) is 20.6. The summed E-state index contributed by atoms with van der Waals surface area (Å²) >= 11 is 1.40. The van der Waals surface area contributed by atoms with Crippen molar-refractivity contribution < 1.29 is 23.0 Å². The second-order valence-electron chi connectivity index (χ2n) is 6.91. The van der Waals surface area contributed by atoms with E-state index < -0.39 is 12.2 Å². The zero-order valence-corrected chi connectivity index (χ0v) is 17.6. The van der Waals surface area contributed by atoms with Crippen molar-refractivity contribution in [3.8, 4) is 17.2 Å². The molecule has 11 heteroatoms. The van der Waals surface area contributed by atoms with Crippen molar-refractivity contribution in [2.24, 2.45) is 0 Å². The second kappa shape index (κ2) is 8.51. The molecule has 0 radical (unpaired) electrons. The number of amides is 1. The normalized spacial score (nSPS) is 13.6. The van der Waals surface area contributed by atoms with Crippen LogP contribution >= 0.6 is 11.8 Å². The predicted molar refractivity (Wildman–Crippen MR) is 116 cm³/mol. The van der Waals surface area contributed by atoms with Crippen LogP contribution in [0.25, 0.3) is 5.69 Å². The molecule has 0 fully saturated rings. The average Bonchev–Trinajstić information content (AvgIpc) is 3.40. The van der Waals surface area contributed by atoms with Crippen molar-refractivity contribution in [2.45, 2.75) is 16.9 Å². The number of carbonyl (C=O) groups excluding carboxylic acids is 1. The predicted octanol–water partition coefficient (Wildman–Crippen LogP) is 4.53. The van der Waals surface area contributed by atoms with Crippen molar-refractivity contribution >= 4 is 23.4 Å². The molecule has 0 saturated carbocycles. The van der Waals surface area contributed by atoms with Gasteiger partial charge in [0.15, 0.2) is 17.3 Å². The van der Waals surface area contributed by atoms with Gasteiger partial charge in [0.2, 0.25) is 0 Å². The van der Waals surface area contributed by atoms with Gasteiger partial charge in [-0.25, -0.2) is 0 Å². The Kier molecular flexibility index (Phi) is 5.38. The highest BCUT2D eigenvalue weighted by molar-refractivity contribution is 7.98. The third kappa shape index (κ3) is 4.48. The highest BCUT2D eigenvalue weighted by Crippen LogP contribution is 2.42. The molecule has 4 aromatic rings. The Hall–Kier alpha value is -3.99. The van der Waals surface area contributed by atoms with Gasteiger partial charge in [-0.05, 0) is 46.8 Å². The van der Waals surface area contributed by atoms with Crippen LogP contribution < -0.4 is 14.8 Å². The van der Waals surface area contributed by atoms with Crippen LogP contribution in [0.1, 0.15) is 16.2 Å². The first kappa shape index (κ1) is 20.9. The van der Waals surface area contributed by atoms with E-state index in [-0.39, 0.29) is 11.5 Å². The van der Waals surface area contributed by atoms with Gasteiger partial charge in [-0.15, -0.1) is 25.6 Å². The van der Waals surface area contributed by atoms with Gasteiger partial charge in [0, 0.05) is 16.6 Å². The van der Waals surface area contributed by atoms with Gasteiger partial charge in [-0.3, -0.25) is 4.79 Å². The summed E-state index contributed by atoms with van der Waals surface area (Å²) in [5.41, 5.74) is 1.55. The summed E-state index contributed by atoms with van der Waals surface area (Å²) in [7, 11) is 0. The van der Waals surface area contributed by atoms with Crippen LogP contribution in [0.15, 0.2) is 77.7 Å². The molecule has 2 heterocycles. The number of nitrogens with one attached hydrogen (secondary N) is 1. The number of aromatic nitrogens is 4. The van der Waals surface area contributed by atoms with Gasteiger partial charge in [0.1, 0.15) is 0 Å². The van der Waals surface area contributed by atoms with Gasteiger partial charge in [0.25, 0.3) is 5.91 Å². The minimum absolute atomic E-state index is 0.0925. The summed E-state index contributed by atoms with van der Waals surface area (Å²) < 4.78 is 36.9. The molecule has 8 nitrogen and oxygen atoms in total. The monoisotopic (exact) mass is 467 g/mol. The summed E-state index contributed by atoms with van der Waals surface area (Å²) in [4.78, 5) is 13.6. The Morgan fingerprint density at radius 2 is 1.76 bits per heavy atom. The molecule has 0 bridgehead atoms. The summed E-state index contributed by atoms with van der Waals surface area (Å²) in [5.74, 6) is 0.411. The fourth-order valence-electron chi connectivity index (χ4n) is 3.21. The molecule has 1 aromatic heterocycles. The number of nitrogens with zero attached hydrogens (tertiary/aromatic N) is 4. The SMILES string of the molecule is O=C(Nc1ccc2c(c1)OC(F)(F)O2)c1ccccc1SCc1nnnn1-c1ccccc1. The molecular formula is C22H15F2N5O3S. The Labute approximate surface area is 190 Å². The maximum atomic E-state index is 13.2. The van der Waals surface area contributed by atoms with E-state index in [1.807, 2.05) is 42.5 Å². The number of hydrogen-bond acceptors (Lipinski definition) is 7. The minimum Gasteiger partial charge on any atom is -0.395 e. The number of carbonyl (C=O) groups is 1. The smallest absolute Gasteiger partial charge is 0.395 e. The molecule has 166 valence electrons. The van der Waals surface area contributed by atoms with E-state index in [9.17, 15) is 13.6 Å². The van der Waals surface area contributed by atoms with Crippen LogP contribution in [0.2, 0.25) is 0 Å². The molecule has 1 N–H and O–H groups in total. The first-order valence-corrected chi connectivity index (χ1v) is 10.7. The highest BCUT2D eigenvalue weighted by atomic mass is 32.2. The zero-order valence-electron chi connectivity index (χ0n) is 16.8. The topological polar surface area (TPSA) is 91.2 Å². The van der Waals surface area contributed by atoms with Crippen LogP contribution in [-0.4, -0.2) is 32.4 Å². The van der Waals surface area contributed by atoms with Crippen molar-refractivity contribution in [1.29, 1.82) is 0 Å². The third-order valence-corrected chi connectivity index (χ3v) is 5.75. The Balaban J connectivity index is 1.31. The Morgan fingerprint density at radius 3 is 2.61 bits per heavy atom. The number of fused-ring (bicyclic) bond motifs is 1. The first-order chi connectivity index (χ1) is 16.0. The quantitative estimate of drug-likeness (QED) is 0.417. The van der Waals surface area contributed by atoms with E-state index in [0.717, 1.165) is 5.69 Å². The summed E-state index contributed by atoms with van der Waals surface area (Å²) in [5, 5.41) is 14.6. The Bertz CT molecular complexity index is 1320. The number of thioether (sulfide) groups is 1. The van der Waals surface area contributed by atoms with E-state index in [1.165, 1.54) is 30.0 Å². The van der Waals surface area contributed by atoms with Crippen LogP contribution in [0, 0.1) is 0 Å². The van der Waals surface area contributed by atoms with Crippen LogP contribution in [0.3, 0.4) is 0 Å². The lowest BCUT2D eigenvalue weighted by atomic mass is 10.2. The lowest BCUT2D eigenvalue weighted by Gasteiger charge is -2.10. The van der Waals surface area contributed by atoms with Gasteiger partial charge in [0.05, 0.1) is 17.0 Å². The van der Waals surface area contributed by atoms with E-state index in [4.69, 9.17) is 0 Å². The lowest BCUT2D eigenvalue weighted by molar-refractivity contribution is -0.286. The number of hydrogen-bond donors (Lipinski definition) is 1. The van der Waals surface area contributed by atoms with Crippen LogP contribution in [-0.2, 0) is 5.75 Å². The van der Waals surface area contributed by atoms with Crippen molar-refractivity contribution in [2.75, 3.05) is 5.32 Å². The molecule has 0 aliphatic carbocycles. The van der Waals surface area contributed by atoms with Crippen molar-refractivity contribution in [1.82, 2.24) is 20.2 Å². The number of alkyl halides is 2. The minimum atomic E-state index is -3.72. The fourth-order valence-corrected chi connectivity index (χ4v) is 4.17. The maximum Gasteiger partial charge on any atom is 0.586 e. The summed E-state index contributed by atoms with van der Waals surface area (Å²) in [6.45, 7) is 0. The van der Waals surface area contributed by atoms with Gasteiger partial charge >= 0.3 is 6.29 Å². The lowest BCUT2D eigenvalue weighted by Crippen LogP contribution is -2.25. The highest BCUT2D eigenvalue weighted by Gasteiger charge is 2.43. The molecule has 1 aliphatic heterocycles. The third-order valence-electron chi connectivity index (χ3n) is 4.68. The van der Waals surface area contributed by atoms with Gasteiger partial charge in [-0.2, -0.15) is 4.68 Å². The second-order valence-corrected chi connectivity index (χ2v) is 7.93. The number of tetrazole rings is 1. The van der Waals surface area contributed by atoms with Crippen molar-refractivity contribution in [3.05, 3.63) is 84.2 Å². The van der Waals surface area contributed by atoms with E-state index in [1.54, 1.807) is 16.8 Å². The van der Waals surface area contributed by atoms with E-state index in [2.05, 4.69) is 30.3 Å². The average molecular weight is 467 g/mol. The molecule has 0 unspecified atom stereocenters. The number of para-hydroxylation sites is 1. The number of ether oxygens (including phenoxy) is 2. The largest absolute Gasteiger partial charge is 0.586 e. The van der Waals surface area contributed by atoms with Gasteiger partial charge < -0.3 is 14.8 Å². The molecule has 33 heavy (non-hydrogen) atoms. The zero-order chi connectivity index (χ0) is 22.8.